The van der Waals surface area contributed by atoms with E-state index in [2.05, 4.69) is 21.8 Å². The summed E-state index contributed by atoms with van der Waals surface area (Å²) in [5, 5.41) is 0. The first-order valence-corrected chi connectivity index (χ1v) is 6.49. The molecule has 1 fully saturated rings. The monoisotopic (exact) mass is 250 g/mol. The highest BCUT2D eigenvalue weighted by Gasteiger charge is 2.25. The molecule has 0 radical (unpaired) electrons. The second kappa shape index (κ2) is 5.40. The van der Waals surface area contributed by atoms with Crippen LogP contribution in [0.4, 0.5) is 5.95 Å². The van der Waals surface area contributed by atoms with Crippen LogP contribution in [0.3, 0.4) is 0 Å². The molecular formula is C12H18N4S. The zero-order chi connectivity index (χ0) is 12.3. The Bertz CT molecular complexity index is 403. The van der Waals surface area contributed by atoms with Crippen molar-refractivity contribution in [3.05, 3.63) is 18.0 Å². The van der Waals surface area contributed by atoms with E-state index in [1.165, 1.54) is 12.8 Å². The second-order valence-corrected chi connectivity index (χ2v) is 4.94. The van der Waals surface area contributed by atoms with Crippen LogP contribution in [0.1, 0.15) is 31.9 Å². The number of hydrogen-bond acceptors (Lipinski definition) is 4. The van der Waals surface area contributed by atoms with Crippen LogP contribution in [0, 0.1) is 5.92 Å². The largest absolute Gasteiger partial charge is 0.388 e. The third-order valence-corrected chi connectivity index (χ3v) is 3.06. The van der Waals surface area contributed by atoms with Crippen LogP contribution in [0.25, 0.3) is 0 Å². The molecule has 0 amide bonds. The van der Waals surface area contributed by atoms with Gasteiger partial charge in [0.05, 0.1) is 0 Å². The van der Waals surface area contributed by atoms with Crippen molar-refractivity contribution in [1.82, 2.24) is 9.97 Å². The molecule has 2 rings (SSSR count). The molecule has 1 saturated carbocycles. The molecular weight excluding hydrogens is 232 g/mol. The minimum absolute atomic E-state index is 0.330. The van der Waals surface area contributed by atoms with Crippen LogP contribution >= 0.6 is 12.2 Å². The lowest BCUT2D eigenvalue weighted by Gasteiger charge is -2.22. The average Bonchev–Trinajstić information content (AvgIpc) is 3.12. The van der Waals surface area contributed by atoms with Gasteiger partial charge < -0.3 is 10.6 Å². The predicted molar refractivity (Wildman–Crippen MR) is 73.1 cm³/mol. The standard InChI is InChI=1S/C12H18N4S/c1-2-7-16(8-9-3-4-9)12-14-6-5-10(15-12)11(13)17/h5-6,9H,2-4,7-8H2,1H3,(H2,13,17). The fraction of sp³-hybridized carbons (Fsp3) is 0.583. The lowest BCUT2D eigenvalue weighted by molar-refractivity contribution is 0.688. The summed E-state index contributed by atoms with van der Waals surface area (Å²) >= 11 is 4.94. The van der Waals surface area contributed by atoms with E-state index in [1.807, 2.05) is 0 Å². The zero-order valence-corrected chi connectivity index (χ0v) is 10.9. The highest BCUT2D eigenvalue weighted by molar-refractivity contribution is 7.80. The molecule has 1 aliphatic carbocycles. The zero-order valence-electron chi connectivity index (χ0n) is 10.1. The van der Waals surface area contributed by atoms with Gasteiger partial charge in [0.15, 0.2) is 0 Å². The Balaban J connectivity index is 2.15. The normalized spacial score (nSPS) is 14.6. The second-order valence-electron chi connectivity index (χ2n) is 4.50. The van der Waals surface area contributed by atoms with E-state index in [-0.39, 0.29) is 0 Å². The fourth-order valence-electron chi connectivity index (χ4n) is 1.79. The van der Waals surface area contributed by atoms with E-state index in [0.29, 0.717) is 10.7 Å². The van der Waals surface area contributed by atoms with E-state index in [0.717, 1.165) is 31.4 Å². The van der Waals surface area contributed by atoms with Crippen LogP contribution in [-0.4, -0.2) is 28.0 Å². The number of nitrogens with two attached hydrogens (primary N) is 1. The van der Waals surface area contributed by atoms with Crippen LogP contribution in [0.15, 0.2) is 12.3 Å². The molecule has 0 atom stereocenters. The van der Waals surface area contributed by atoms with Gasteiger partial charge in [-0.25, -0.2) is 9.97 Å². The molecule has 2 N–H and O–H groups in total. The Morgan fingerprint density at radius 1 is 1.59 bits per heavy atom. The fourth-order valence-corrected chi connectivity index (χ4v) is 1.91. The molecule has 92 valence electrons. The molecule has 1 heterocycles. The molecule has 1 aromatic rings. The Kier molecular flexibility index (Phi) is 3.89. The van der Waals surface area contributed by atoms with E-state index >= 15 is 0 Å². The first-order chi connectivity index (χ1) is 8.20. The minimum atomic E-state index is 0.330. The van der Waals surface area contributed by atoms with Gasteiger partial charge in [0.1, 0.15) is 10.7 Å². The maximum atomic E-state index is 5.59. The molecule has 17 heavy (non-hydrogen) atoms. The molecule has 0 saturated heterocycles. The first kappa shape index (κ1) is 12.2. The smallest absolute Gasteiger partial charge is 0.225 e. The van der Waals surface area contributed by atoms with Crippen molar-refractivity contribution in [2.75, 3.05) is 18.0 Å². The average molecular weight is 250 g/mol. The highest BCUT2D eigenvalue weighted by atomic mass is 32.1. The molecule has 0 aromatic carbocycles. The molecule has 1 aliphatic rings. The van der Waals surface area contributed by atoms with Crippen molar-refractivity contribution in [2.45, 2.75) is 26.2 Å². The maximum absolute atomic E-state index is 5.59. The van der Waals surface area contributed by atoms with Crippen molar-refractivity contribution < 1.29 is 0 Å². The van der Waals surface area contributed by atoms with Crippen LogP contribution in [-0.2, 0) is 0 Å². The van der Waals surface area contributed by atoms with Gasteiger partial charge in [-0.2, -0.15) is 0 Å². The quantitative estimate of drug-likeness (QED) is 0.779. The van der Waals surface area contributed by atoms with Crippen molar-refractivity contribution in [3.8, 4) is 0 Å². The Hall–Kier alpha value is -1.23. The summed E-state index contributed by atoms with van der Waals surface area (Å²) < 4.78 is 0. The van der Waals surface area contributed by atoms with Gasteiger partial charge in [0.25, 0.3) is 0 Å². The number of rotatable bonds is 6. The summed E-state index contributed by atoms with van der Waals surface area (Å²) in [6.07, 6.45) is 5.48. The van der Waals surface area contributed by atoms with Crippen molar-refractivity contribution in [1.29, 1.82) is 0 Å². The molecule has 0 aliphatic heterocycles. The van der Waals surface area contributed by atoms with Crippen LogP contribution < -0.4 is 10.6 Å². The molecule has 1 aromatic heterocycles. The summed E-state index contributed by atoms with van der Waals surface area (Å²) in [6.45, 7) is 4.20. The summed E-state index contributed by atoms with van der Waals surface area (Å²) in [4.78, 5) is 11.3. The predicted octanol–water partition coefficient (Wildman–Crippen LogP) is 1.74. The van der Waals surface area contributed by atoms with Gasteiger partial charge in [-0.3, -0.25) is 0 Å². The van der Waals surface area contributed by atoms with Gasteiger partial charge in [-0.15, -0.1) is 0 Å². The van der Waals surface area contributed by atoms with Gasteiger partial charge in [-0.05, 0) is 31.2 Å². The minimum Gasteiger partial charge on any atom is -0.388 e. The topological polar surface area (TPSA) is 55.0 Å². The maximum Gasteiger partial charge on any atom is 0.225 e. The molecule has 4 nitrogen and oxygen atoms in total. The third-order valence-electron chi connectivity index (χ3n) is 2.85. The van der Waals surface area contributed by atoms with Gasteiger partial charge >= 0.3 is 0 Å². The molecule has 0 bridgehead atoms. The Morgan fingerprint density at radius 3 is 2.94 bits per heavy atom. The summed E-state index contributed by atoms with van der Waals surface area (Å²) in [5.41, 5.74) is 6.25. The number of anilines is 1. The van der Waals surface area contributed by atoms with Crippen molar-refractivity contribution >= 4 is 23.2 Å². The van der Waals surface area contributed by atoms with Crippen molar-refractivity contribution in [3.63, 3.8) is 0 Å². The third kappa shape index (κ3) is 3.36. The molecule has 5 heteroatoms. The molecule has 0 spiro atoms. The Labute approximate surface area is 107 Å². The summed E-state index contributed by atoms with van der Waals surface area (Å²) in [6, 6.07) is 1.76. The number of aromatic nitrogens is 2. The summed E-state index contributed by atoms with van der Waals surface area (Å²) in [7, 11) is 0. The van der Waals surface area contributed by atoms with Gasteiger partial charge in [0, 0.05) is 19.3 Å². The van der Waals surface area contributed by atoms with Crippen LogP contribution in [0.5, 0.6) is 0 Å². The SMILES string of the molecule is CCCN(CC1CC1)c1nccc(C(N)=S)n1. The van der Waals surface area contributed by atoms with E-state index in [4.69, 9.17) is 18.0 Å². The first-order valence-electron chi connectivity index (χ1n) is 6.08. The van der Waals surface area contributed by atoms with E-state index in [1.54, 1.807) is 12.3 Å². The summed E-state index contributed by atoms with van der Waals surface area (Å²) in [5.74, 6) is 1.57. The number of thiocarbonyl (C=S) groups is 1. The van der Waals surface area contributed by atoms with Gasteiger partial charge in [0.2, 0.25) is 5.95 Å². The molecule has 0 unspecified atom stereocenters. The van der Waals surface area contributed by atoms with E-state index < -0.39 is 0 Å². The van der Waals surface area contributed by atoms with E-state index in [9.17, 15) is 0 Å². The lowest BCUT2D eigenvalue weighted by Crippen LogP contribution is -2.29. The highest BCUT2D eigenvalue weighted by Crippen LogP contribution is 2.30. The lowest BCUT2D eigenvalue weighted by atomic mass is 10.3. The number of hydrogen-bond donors (Lipinski definition) is 1. The van der Waals surface area contributed by atoms with Crippen LogP contribution in [0.2, 0.25) is 0 Å². The van der Waals surface area contributed by atoms with Crippen molar-refractivity contribution in [2.24, 2.45) is 11.7 Å². The Morgan fingerprint density at radius 2 is 2.35 bits per heavy atom. The van der Waals surface area contributed by atoms with Gasteiger partial charge in [-0.1, -0.05) is 19.1 Å². The number of nitrogens with zero attached hydrogens (tertiary/aromatic N) is 3.